The maximum Gasteiger partial charge on any atom is 0.275 e. The third-order valence-corrected chi connectivity index (χ3v) is 6.96. The number of aliphatic imine (C=N–C) groups is 1. The van der Waals surface area contributed by atoms with Crippen molar-refractivity contribution in [1.29, 1.82) is 0 Å². The Morgan fingerprint density at radius 3 is 2.82 bits per heavy atom. The van der Waals surface area contributed by atoms with Crippen molar-refractivity contribution in [2.45, 2.75) is 30.1 Å². The number of rotatable bonds is 7. The van der Waals surface area contributed by atoms with Crippen LogP contribution in [-0.4, -0.2) is 50.9 Å². The molecule has 0 unspecified atom stereocenters. The normalized spacial score (nSPS) is 25.5. The van der Waals surface area contributed by atoms with Crippen LogP contribution in [0.15, 0.2) is 29.6 Å². The number of ether oxygens (including phenoxy) is 2. The van der Waals surface area contributed by atoms with E-state index in [0.29, 0.717) is 11.3 Å². The zero-order valence-corrected chi connectivity index (χ0v) is 18.5. The molecule has 2 aliphatic rings. The van der Waals surface area contributed by atoms with Crippen molar-refractivity contribution in [2.75, 3.05) is 19.0 Å². The van der Waals surface area contributed by atoms with E-state index in [1.807, 2.05) is 0 Å². The largest absolute Gasteiger partial charge is 0.481 e. The second kappa shape index (κ2) is 8.47. The van der Waals surface area contributed by atoms with Crippen molar-refractivity contribution >= 4 is 28.5 Å². The fourth-order valence-corrected chi connectivity index (χ4v) is 5.31. The number of aromatic nitrogens is 3. The molecule has 0 bridgehead atoms. The molecular formula is C21H20F2N6O3S. The van der Waals surface area contributed by atoms with E-state index in [2.05, 4.69) is 31.2 Å². The van der Waals surface area contributed by atoms with Gasteiger partial charge in [-0.25, -0.2) is 23.7 Å². The molecule has 4 rings (SSSR count). The fourth-order valence-electron chi connectivity index (χ4n) is 3.97. The number of amides is 1. The Kier molecular flexibility index (Phi) is 5.84. The van der Waals surface area contributed by atoms with Gasteiger partial charge < -0.3 is 20.5 Å². The number of carbonyl (C=O) groups excluding carboxylic acids is 1. The highest BCUT2D eigenvalue weighted by Crippen LogP contribution is 2.68. The van der Waals surface area contributed by atoms with E-state index in [-0.39, 0.29) is 35.6 Å². The van der Waals surface area contributed by atoms with Crippen LogP contribution in [0.25, 0.3) is 0 Å². The number of pyridine rings is 1. The van der Waals surface area contributed by atoms with Gasteiger partial charge >= 0.3 is 0 Å². The number of methoxy groups -OCH3 is 1. The van der Waals surface area contributed by atoms with Gasteiger partial charge in [0.15, 0.2) is 11.8 Å². The molecule has 1 saturated carbocycles. The number of nitrogens with one attached hydrogen (secondary N) is 1. The number of nitrogens with zero attached hydrogens (tertiary/aromatic N) is 4. The summed E-state index contributed by atoms with van der Waals surface area (Å²) in [5, 5.41) is 2.75. The van der Waals surface area contributed by atoms with Crippen molar-refractivity contribution in [1.82, 2.24) is 15.0 Å². The summed E-state index contributed by atoms with van der Waals surface area (Å²) in [6.07, 6.45) is 6.72. The van der Waals surface area contributed by atoms with Gasteiger partial charge in [0.2, 0.25) is 11.8 Å². The van der Waals surface area contributed by atoms with Gasteiger partial charge in [-0.05, 0) is 19.4 Å². The Bertz CT molecular complexity index is 1160. The van der Waals surface area contributed by atoms with E-state index in [9.17, 15) is 13.6 Å². The molecule has 0 spiro atoms. The van der Waals surface area contributed by atoms with Crippen LogP contribution in [0, 0.1) is 18.3 Å². The first-order valence-corrected chi connectivity index (χ1v) is 10.6. The van der Waals surface area contributed by atoms with Gasteiger partial charge in [-0.1, -0.05) is 17.7 Å². The zero-order chi connectivity index (χ0) is 23.8. The highest BCUT2D eigenvalue weighted by molar-refractivity contribution is 8.15. The predicted octanol–water partition coefficient (Wildman–Crippen LogP) is 2.45. The summed E-state index contributed by atoms with van der Waals surface area (Å²) < 4.78 is 36.9. The average Bonchev–Trinajstić information content (AvgIpc) is 3.55. The molecular weight excluding hydrogens is 454 g/mol. The first kappa shape index (κ1) is 22.7. The van der Waals surface area contributed by atoms with E-state index in [0.717, 1.165) is 11.8 Å². The minimum atomic E-state index is -2.56. The Morgan fingerprint density at radius 2 is 2.18 bits per heavy atom. The van der Waals surface area contributed by atoms with Crippen LogP contribution in [-0.2, 0) is 5.54 Å². The lowest BCUT2D eigenvalue weighted by atomic mass is 9.86. The van der Waals surface area contributed by atoms with Crippen LogP contribution < -0.4 is 20.5 Å². The number of halogens is 2. The topological polar surface area (TPSA) is 125 Å². The summed E-state index contributed by atoms with van der Waals surface area (Å²) in [4.78, 5) is 29.4. The van der Waals surface area contributed by atoms with E-state index < -0.39 is 28.5 Å². The van der Waals surface area contributed by atoms with Gasteiger partial charge in [-0.2, -0.15) is 0 Å². The molecule has 1 fully saturated rings. The number of fused-ring (bicyclic) bond motifs is 1. The Morgan fingerprint density at radius 1 is 1.39 bits per heavy atom. The minimum Gasteiger partial charge on any atom is -0.481 e. The maximum atomic E-state index is 13.8. The molecule has 2 aromatic heterocycles. The van der Waals surface area contributed by atoms with Gasteiger partial charge in [0.1, 0.15) is 5.69 Å². The number of terminal acetylenes is 1. The van der Waals surface area contributed by atoms with Crippen molar-refractivity contribution < 1.29 is 23.0 Å². The van der Waals surface area contributed by atoms with E-state index in [1.54, 1.807) is 13.0 Å². The van der Waals surface area contributed by atoms with Crippen LogP contribution in [0.4, 0.5) is 14.5 Å². The highest BCUT2D eigenvalue weighted by Gasteiger charge is 2.71. The van der Waals surface area contributed by atoms with Crippen LogP contribution in [0.2, 0.25) is 0 Å². The monoisotopic (exact) mass is 474 g/mol. The SMILES string of the molecule is C#CCOc1cnc(C(=O)Nc2cnc(OC)c([C@]3(C)N=C(N)S[C@@]4(C(F)F)C[C@@H]34)c2)cn1. The lowest BCUT2D eigenvalue weighted by Crippen LogP contribution is -2.38. The number of nitrogens with two attached hydrogens (primary N) is 1. The number of anilines is 1. The Balaban J connectivity index is 1.61. The van der Waals surface area contributed by atoms with Gasteiger partial charge in [-0.3, -0.25) is 9.79 Å². The Hall–Kier alpha value is -3.46. The maximum absolute atomic E-state index is 13.8. The summed E-state index contributed by atoms with van der Waals surface area (Å²) in [5.41, 5.74) is 5.62. The van der Waals surface area contributed by atoms with Crippen LogP contribution in [0.3, 0.4) is 0 Å². The molecule has 33 heavy (non-hydrogen) atoms. The standard InChI is InChI=1S/C21H20F2N6O3S/c1-4-5-32-15-10-25-13(9-26-15)16(30)28-11-6-12(17(31-3)27-8-11)20(2)14-7-21(14,18(22)23)33-19(24)29-20/h1,6,8-10,14,18H,5,7H2,2-3H3,(H2,24,29)(H,28,30)/t14-,20-,21-/m0/s1. The van der Waals surface area contributed by atoms with E-state index in [4.69, 9.17) is 21.6 Å². The molecule has 1 aliphatic carbocycles. The smallest absolute Gasteiger partial charge is 0.275 e. The number of amidine groups is 1. The average molecular weight is 474 g/mol. The number of alkyl halides is 2. The van der Waals surface area contributed by atoms with E-state index in [1.165, 1.54) is 25.7 Å². The first-order chi connectivity index (χ1) is 15.7. The molecule has 0 aromatic carbocycles. The van der Waals surface area contributed by atoms with Gasteiger partial charge in [-0.15, -0.1) is 6.42 Å². The third-order valence-electron chi connectivity index (χ3n) is 5.65. The minimum absolute atomic E-state index is 0.0264. The molecule has 1 aliphatic heterocycles. The first-order valence-electron chi connectivity index (χ1n) is 9.80. The molecule has 0 saturated heterocycles. The third kappa shape index (κ3) is 4.04. The van der Waals surface area contributed by atoms with Gasteiger partial charge in [0.05, 0.1) is 41.7 Å². The molecule has 12 heteroatoms. The summed E-state index contributed by atoms with van der Waals surface area (Å²) in [6, 6.07) is 1.60. The second-order valence-corrected chi connectivity index (χ2v) is 9.06. The van der Waals surface area contributed by atoms with E-state index >= 15 is 0 Å². The molecule has 3 atom stereocenters. The fraction of sp³-hybridized carbons (Fsp3) is 0.381. The number of thioether (sulfide) groups is 1. The number of carbonyl (C=O) groups is 1. The van der Waals surface area contributed by atoms with Crippen LogP contribution >= 0.6 is 11.8 Å². The zero-order valence-electron chi connectivity index (χ0n) is 17.7. The Labute approximate surface area is 192 Å². The van der Waals surface area contributed by atoms with Crippen molar-refractivity contribution in [3.05, 3.63) is 35.9 Å². The van der Waals surface area contributed by atoms with Crippen molar-refractivity contribution in [3.8, 4) is 24.1 Å². The van der Waals surface area contributed by atoms with Crippen molar-refractivity contribution in [2.24, 2.45) is 16.6 Å². The molecule has 1 amide bonds. The van der Waals surface area contributed by atoms with Crippen LogP contribution in [0.1, 0.15) is 29.4 Å². The van der Waals surface area contributed by atoms with Crippen LogP contribution in [0.5, 0.6) is 11.8 Å². The molecule has 2 aromatic rings. The number of hydrogen-bond donors (Lipinski definition) is 2. The highest BCUT2D eigenvalue weighted by atomic mass is 32.2. The quantitative estimate of drug-likeness (QED) is 0.587. The van der Waals surface area contributed by atoms with Gasteiger partial charge in [0.25, 0.3) is 12.3 Å². The number of hydrogen-bond acceptors (Lipinski definition) is 9. The predicted molar refractivity (Wildman–Crippen MR) is 119 cm³/mol. The lowest BCUT2D eigenvalue weighted by molar-refractivity contribution is 0.102. The molecule has 3 N–H and O–H groups in total. The lowest BCUT2D eigenvalue weighted by Gasteiger charge is -2.34. The molecule has 9 nitrogen and oxygen atoms in total. The second-order valence-electron chi connectivity index (χ2n) is 7.68. The molecule has 0 radical (unpaired) electrons. The molecule has 172 valence electrons. The summed E-state index contributed by atoms with van der Waals surface area (Å²) >= 11 is 0.910. The van der Waals surface area contributed by atoms with Gasteiger partial charge in [0, 0.05) is 11.5 Å². The molecule has 3 heterocycles. The summed E-state index contributed by atoms with van der Waals surface area (Å²) in [6.45, 7) is 1.75. The summed E-state index contributed by atoms with van der Waals surface area (Å²) in [5.74, 6) is 1.68. The summed E-state index contributed by atoms with van der Waals surface area (Å²) in [7, 11) is 1.42. The van der Waals surface area contributed by atoms with Crippen molar-refractivity contribution in [3.63, 3.8) is 0 Å².